The molecule has 0 aliphatic carbocycles. The number of benzene rings is 2. The average Bonchev–Trinajstić information content (AvgIpc) is 2.48. The monoisotopic (exact) mass is 343 g/mol. The molecule has 106 valence electrons. The third-order valence-electron chi connectivity index (χ3n) is 3.11. The Labute approximate surface area is 132 Å². The Morgan fingerprint density at radius 2 is 2.00 bits per heavy atom. The summed E-state index contributed by atoms with van der Waals surface area (Å²) in [4.78, 5) is 12.2. The number of carbonyl (C=O) groups excluding carboxylic acids is 1. The van der Waals surface area contributed by atoms with Gasteiger partial charge in [-0.3, -0.25) is 4.79 Å². The topological polar surface area (TPSA) is 50.1 Å². The minimum absolute atomic E-state index is 0.0827. The van der Waals surface area contributed by atoms with Crippen LogP contribution >= 0.6 is 15.9 Å². The molecule has 0 bridgehead atoms. The largest absolute Gasteiger partial charge is 0.484 e. The van der Waals surface area contributed by atoms with Crippen molar-refractivity contribution >= 4 is 21.7 Å². The van der Waals surface area contributed by atoms with Gasteiger partial charge < -0.3 is 4.74 Å². The molecule has 0 aliphatic heterocycles. The normalized spacial score (nSPS) is 10.0. The third-order valence-corrected chi connectivity index (χ3v) is 3.61. The summed E-state index contributed by atoms with van der Waals surface area (Å²) in [6.45, 7) is 3.76. The van der Waals surface area contributed by atoms with Crippen molar-refractivity contribution in [2.75, 3.05) is 6.61 Å². The summed E-state index contributed by atoms with van der Waals surface area (Å²) < 4.78 is 6.30. The Hall–Kier alpha value is -2.12. The molecule has 0 saturated carbocycles. The number of hydrogen-bond acceptors (Lipinski definition) is 3. The Balaban J connectivity index is 2.15. The van der Waals surface area contributed by atoms with Crippen LogP contribution in [0, 0.1) is 25.2 Å². The number of aryl methyl sites for hydroxylation is 2. The molecule has 0 spiro atoms. The molecular weight excluding hydrogens is 330 g/mol. The van der Waals surface area contributed by atoms with Gasteiger partial charge in [-0.25, -0.2) is 0 Å². The van der Waals surface area contributed by atoms with Gasteiger partial charge in [0, 0.05) is 10.0 Å². The van der Waals surface area contributed by atoms with Crippen molar-refractivity contribution in [1.29, 1.82) is 5.26 Å². The van der Waals surface area contributed by atoms with Crippen molar-refractivity contribution in [3.05, 3.63) is 63.1 Å². The second-order valence-corrected chi connectivity index (χ2v) is 5.70. The van der Waals surface area contributed by atoms with E-state index in [2.05, 4.69) is 22.0 Å². The zero-order valence-corrected chi connectivity index (χ0v) is 13.4. The number of hydrogen-bond donors (Lipinski definition) is 0. The van der Waals surface area contributed by atoms with Crippen LogP contribution in [-0.4, -0.2) is 12.4 Å². The molecule has 0 aromatic heterocycles. The molecule has 3 nitrogen and oxygen atoms in total. The number of nitriles is 1. The maximum Gasteiger partial charge on any atom is 0.200 e. The van der Waals surface area contributed by atoms with E-state index in [-0.39, 0.29) is 12.4 Å². The standard InChI is InChI=1S/C17H14BrNO2/c1-11-3-4-12(2)15(7-11)16(20)10-21-17-6-5-14(18)8-13(17)9-19/h3-8H,10H2,1-2H3. The quantitative estimate of drug-likeness (QED) is 0.781. The number of halogens is 1. The first kappa shape index (κ1) is 15.3. The van der Waals surface area contributed by atoms with Crippen LogP contribution in [0.5, 0.6) is 5.75 Å². The minimum atomic E-state index is -0.0944. The average molecular weight is 344 g/mol. The number of ether oxygens (including phenoxy) is 1. The number of Topliss-reactive ketones (excluding diaryl/α,β-unsaturated/α-hetero) is 1. The van der Waals surface area contributed by atoms with Crippen LogP contribution in [0.1, 0.15) is 27.0 Å². The summed E-state index contributed by atoms with van der Waals surface area (Å²) in [6.07, 6.45) is 0. The molecule has 0 N–H and O–H groups in total. The first-order valence-corrected chi connectivity index (χ1v) is 7.23. The molecule has 0 atom stereocenters. The molecule has 2 aromatic carbocycles. The molecule has 21 heavy (non-hydrogen) atoms. The van der Waals surface area contributed by atoms with Gasteiger partial charge >= 0.3 is 0 Å². The van der Waals surface area contributed by atoms with Gasteiger partial charge in [0.2, 0.25) is 0 Å². The molecule has 0 heterocycles. The molecule has 2 rings (SSSR count). The molecule has 2 aromatic rings. The Bertz CT molecular complexity index is 732. The zero-order chi connectivity index (χ0) is 15.4. The Kier molecular flexibility index (Phi) is 4.77. The van der Waals surface area contributed by atoms with Crippen LogP contribution in [0.3, 0.4) is 0 Å². The highest BCUT2D eigenvalue weighted by molar-refractivity contribution is 9.10. The van der Waals surface area contributed by atoms with E-state index in [4.69, 9.17) is 10.00 Å². The second kappa shape index (κ2) is 6.55. The predicted octanol–water partition coefficient (Wildman–Crippen LogP) is 4.20. The predicted molar refractivity (Wildman–Crippen MR) is 84.6 cm³/mol. The summed E-state index contributed by atoms with van der Waals surface area (Å²) in [7, 11) is 0. The third kappa shape index (κ3) is 3.71. The fourth-order valence-corrected chi connectivity index (χ4v) is 2.33. The van der Waals surface area contributed by atoms with Crippen molar-refractivity contribution < 1.29 is 9.53 Å². The zero-order valence-electron chi connectivity index (χ0n) is 11.8. The van der Waals surface area contributed by atoms with E-state index in [1.54, 1.807) is 18.2 Å². The Morgan fingerprint density at radius 3 is 2.71 bits per heavy atom. The van der Waals surface area contributed by atoms with E-state index in [1.807, 2.05) is 32.0 Å². The first-order valence-electron chi connectivity index (χ1n) is 6.44. The molecule has 0 fully saturated rings. The van der Waals surface area contributed by atoms with Gasteiger partial charge in [0.25, 0.3) is 0 Å². The van der Waals surface area contributed by atoms with Crippen LogP contribution in [0.15, 0.2) is 40.9 Å². The van der Waals surface area contributed by atoms with E-state index in [9.17, 15) is 4.79 Å². The molecule has 0 saturated heterocycles. The molecule has 0 amide bonds. The summed E-state index contributed by atoms with van der Waals surface area (Å²) >= 11 is 3.30. The van der Waals surface area contributed by atoms with Crippen LogP contribution in [0.4, 0.5) is 0 Å². The maximum atomic E-state index is 12.2. The number of carbonyl (C=O) groups is 1. The fourth-order valence-electron chi connectivity index (χ4n) is 1.97. The van der Waals surface area contributed by atoms with E-state index in [0.29, 0.717) is 16.9 Å². The highest BCUT2D eigenvalue weighted by Crippen LogP contribution is 2.22. The Morgan fingerprint density at radius 1 is 1.24 bits per heavy atom. The summed E-state index contributed by atoms with van der Waals surface area (Å²) in [6, 6.07) is 12.9. The summed E-state index contributed by atoms with van der Waals surface area (Å²) in [5.41, 5.74) is 3.01. The van der Waals surface area contributed by atoms with Crippen molar-refractivity contribution in [2.24, 2.45) is 0 Å². The van der Waals surface area contributed by atoms with Crippen molar-refractivity contribution in [2.45, 2.75) is 13.8 Å². The minimum Gasteiger partial charge on any atom is -0.484 e. The van der Waals surface area contributed by atoms with Crippen LogP contribution in [-0.2, 0) is 0 Å². The summed E-state index contributed by atoms with van der Waals surface area (Å²) in [5.74, 6) is 0.322. The van der Waals surface area contributed by atoms with Gasteiger partial charge in [0.1, 0.15) is 11.8 Å². The van der Waals surface area contributed by atoms with Crippen molar-refractivity contribution in [3.8, 4) is 11.8 Å². The molecule has 0 aliphatic rings. The fraction of sp³-hybridized carbons (Fsp3) is 0.176. The SMILES string of the molecule is Cc1ccc(C)c(C(=O)COc2ccc(Br)cc2C#N)c1. The van der Waals surface area contributed by atoms with Gasteiger partial charge in [0.05, 0.1) is 5.56 Å². The van der Waals surface area contributed by atoms with E-state index in [0.717, 1.165) is 15.6 Å². The lowest BCUT2D eigenvalue weighted by molar-refractivity contribution is 0.0920. The highest BCUT2D eigenvalue weighted by Gasteiger charge is 2.12. The van der Waals surface area contributed by atoms with E-state index in [1.165, 1.54) is 0 Å². The number of nitrogens with zero attached hydrogens (tertiary/aromatic N) is 1. The molecule has 4 heteroatoms. The van der Waals surface area contributed by atoms with Crippen LogP contribution in [0.25, 0.3) is 0 Å². The van der Waals surface area contributed by atoms with E-state index >= 15 is 0 Å². The smallest absolute Gasteiger partial charge is 0.200 e. The van der Waals surface area contributed by atoms with Gasteiger partial charge in [0.15, 0.2) is 12.4 Å². The maximum absolute atomic E-state index is 12.2. The van der Waals surface area contributed by atoms with Gasteiger partial charge in [-0.05, 0) is 43.7 Å². The lowest BCUT2D eigenvalue weighted by atomic mass is 10.0. The second-order valence-electron chi connectivity index (χ2n) is 4.78. The lowest BCUT2D eigenvalue weighted by Crippen LogP contribution is -2.13. The van der Waals surface area contributed by atoms with Gasteiger partial charge in [-0.1, -0.05) is 33.6 Å². The number of rotatable bonds is 4. The van der Waals surface area contributed by atoms with Gasteiger partial charge in [-0.15, -0.1) is 0 Å². The molecular formula is C17H14BrNO2. The molecule has 0 radical (unpaired) electrons. The van der Waals surface area contributed by atoms with Crippen LogP contribution < -0.4 is 4.74 Å². The van der Waals surface area contributed by atoms with Crippen molar-refractivity contribution in [3.63, 3.8) is 0 Å². The number of ketones is 1. The lowest BCUT2D eigenvalue weighted by Gasteiger charge is -2.09. The first-order chi connectivity index (χ1) is 10.0. The van der Waals surface area contributed by atoms with Crippen molar-refractivity contribution in [1.82, 2.24) is 0 Å². The van der Waals surface area contributed by atoms with Crippen LogP contribution in [0.2, 0.25) is 0 Å². The molecule has 0 unspecified atom stereocenters. The highest BCUT2D eigenvalue weighted by atomic mass is 79.9. The van der Waals surface area contributed by atoms with Gasteiger partial charge in [-0.2, -0.15) is 5.26 Å². The summed E-state index contributed by atoms with van der Waals surface area (Å²) in [5, 5.41) is 9.07. The van der Waals surface area contributed by atoms with E-state index < -0.39 is 0 Å².